The quantitative estimate of drug-likeness (QED) is 0.759. The van der Waals surface area contributed by atoms with Crippen LogP contribution in [0.15, 0.2) is 29.2 Å². The first-order valence-electron chi connectivity index (χ1n) is 8.72. The van der Waals surface area contributed by atoms with Crippen molar-refractivity contribution in [1.82, 2.24) is 10.2 Å². The SMILES string of the molecule is COc1ccc(/C=C/C(=O)N2CCCC3(CCNC3)C2)cc1S(N)(=O)=O. The van der Waals surface area contributed by atoms with Crippen LogP contribution in [0.5, 0.6) is 5.75 Å². The van der Waals surface area contributed by atoms with Gasteiger partial charge >= 0.3 is 0 Å². The molecule has 3 rings (SSSR count). The van der Waals surface area contributed by atoms with Crippen molar-refractivity contribution in [2.45, 2.75) is 24.2 Å². The Balaban J connectivity index is 1.74. The number of methoxy groups -OCH3 is 1. The van der Waals surface area contributed by atoms with Crippen molar-refractivity contribution in [2.24, 2.45) is 10.6 Å². The van der Waals surface area contributed by atoms with Crippen molar-refractivity contribution in [3.8, 4) is 5.75 Å². The molecule has 0 radical (unpaired) electrons. The van der Waals surface area contributed by atoms with Crippen LogP contribution in [-0.2, 0) is 14.8 Å². The van der Waals surface area contributed by atoms with Crippen LogP contribution in [0.2, 0.25) is 0 Å². The number of likely N-dealkylation sites (tertiary alicyclic amines) is 1. The fraction of sp³-hybridized carbons (Fsp3) is 0.500. The molecule has 0 saturated carbocycles. The van der Waals surface area contributed by atoms with Crippen LogP contribution in [0.4, 0.5) is 0 Å². The molecule has 2 heterocycles. The lowest BCUT2D eigenvalue weighted by Gasteiger charge is -2.39. The molecule has 26 heavy (non-hydrogen) atoms. The first-order valence-corrected chi connectivity index (χ1v) is 10.3. The Bertz CT molecular complexity index is 814. The molecule has 1 aromatic rings. The molecule has 8 heteroatoms. The van der Waals surface area contributed by atoms with Crippen molar-refractivity contribution in [3.63, 3.8) is 0 Å². The summed E-state index contributed by atoms with van der Waals surface area (Å²) in [5, 5.41) is 8.62. The number of primary sulfonamides is 1. The number of piperidine rings is 1. The summed E-state index contributed by atoms with van der Waals surface area (Å²) in [5.74, 6) is 0.131. The van der Waals surface area contributed by atoms with Crippen molar-refractivity contribution in [2.75, 3.05) is 33.3 Å². The van der Waals surface area contributed by atoms with Gasteiger partial charge in [-0.3, -0.25) is 4.79 Å². The largest absolute Gasteiger partial charge is 0.495 e. The number of sulfonamides is 1. The van der Waals surface area contributed by atoms with E-state index in [0.717, 1.165) is 45.4 Å². The average Bonchev–Trinajstić information content (AvgIpc) is 3.06. The highest BCUT2D eigenvalue weighted by Gasteiger charge is 2.38. The van der Waals surface area contributed by atoms with Gasteiger partial charge in [0.25, 0.3) is 0 Å². The van der Waals surface area contributed by atoms with Gasteiger partial charge in [-0.15, -0.1) is 0 Å². The predicted octanol–water partition coefficient (Wildman–Crippen LogP) is 0.958. The van der Waals surface area contributed by atoms with E-state index in [-0.39, 0.29) is 22.0 Å². The van der Waals surface area contributed by atoms with E-state index in [4.69, 9.17) is 9.88 Å². The minimum atomic E-state index is -3.90. The van der Waals surface area contributed by atoms with Crippen LogP contribution in [-0.4, -0.2) is 52.5 Å². The number of benzene rings is 1. The number of hydrogen-bond acceptors (Lipinski definition) is 5. The highest BCUT2D eigenvalue weighted by atomic mass is 32.2. The number of amides is 1. The van der Waals surface area contributed by atoms with Gasteiger partial charge < -0.3 is 15.0 Å². The highest BCUT2D eigenvalue weighted by Crippen LogP contribution is 2.35. The van der Waals surface area contributed by atoms with Crippen molar-refractivity contribution < 1.29 is 17.9 Å². The second-order valence-electron chi connectivity index (χ2n) is 7.08. The van der Waals surface area contributed by atoms with Gasteiger partial charge in [0.15, 0.2) is 0 Å². The topological polar surface area (TPSA) is 102 Å². The number of rotatable bonds is 4. The molecule has 7 nitrogen and oxygen atoms in total. The third kappa shape index (κ3) is 4.08. The van der Waals surface area contributed by atoms with Crippen LogP contribution >= 0.6 is 0 Å². The molecule has 0 aliphatic carbocycles. The summed E-state index contributed by atoms with van der Waals surface area (Å²) in [5.41, 5.74) is 0.792. The highest BCUT2D eigenvalue weighted by molar-refractivity contribution is 7.89. The van der Waals surface area contributed by atoms with Gasteiger partial charge in [0, 0.05) is 31.1 Å². The van der Waals surface area contributed by atoms with Crippen LogP contribution < -0.4 is 15.2 Å². The summed E-state index contributed by atoms with van der Waals surface area (Å²) in [4.78, 5) is 14.4. The van der Waals surface area contributed by atoms with E-state index in [1.54, 1.807) is 12.1 Å². The van der Waals surface area contributed by atoms with E-state index in [0.29, 0.717) is 5.56 Å². The first kappa shape index (κ1) is 18.9. The zero-order valence-corrected chi connectivity index (χ0v) is 15.7. The minimum absolute atomic E-state index is 0.0519. The van der Waals surface area contributed by atoms with Gasteiger partial charge in [0.2, 0.25) is 15.9 Å². The fourth-order valence-corrected chi connectivity index (χ4v) is 4.56. The second kappa shape index (κ2) is 7.38. The number of nitrogens with zero attached hydrogens (tertiary/aromatic N) is 1. The molecule has 2 aliphatic rings. The van der Waals surface area contributed by atoms with Gasteiger partial charge in [-0.05, 0) is 49.6 Å². The van der Waals surface area contributed by atoms with Crippen LogP contribution in [0.1, 0.15) is 24.8 Å². The zero-order chi connectivity index (χ0) is 18.8. The molecule has 2 fully saturated rings. The monoisotopic (exact) mass is 379 g/mol. The number of nitrogens with two attached hydrogens (primary N) is 1. The first-order chi connectivity index (χ1) is 12.3. The molecule has 0 bridgehead atoms. The Labute approximate surface area is 154 Å². The molecule has 1 unspecified atom stereocenters. The third-order valence-corrected chi connectivity index (χ3v) is 6.15. The number of carbonyl (C=O) groups excluding carboxylic acids is 1. The lowest BCUT2D eigenvalue weighted by Crippen LogP contribution is -2.46. The summed E-state index contributed by atoms with van der Waals surface area (Å²) < 4.78 is 28.4. The standard InChI is InChI=1S/C18H25N3O4S/c1-25-15-5-3-14(11-16(15)26(19,23)24)4-6-17(22)21-10-2-7-18(13-21)8-9-20-12-18/h3-6,11,20H,2,7-10,12-13H2,1H3,(H2,19,23,24)/b6-4+. The van der Waals surface area contributed by atoms with Gasteiger partial charge in [-0.25, -0.2) is 13.6 Å². The van der Waals surface area contributed by atoms with Crippen LogP contribution in [0.3, 0.4) is 0 Å². The predicted molar refractivity (Wildman–Crippen MR) is 99.1 cm³/mol. The Morgan fingerprint density at radius 1 is 1.38 bits per heavy atom. The maximum absolute atomic E-state index is 12.6. The maximum Gasteiger partial charge on any atom is 0.246 e. The molecule has 1 amide bonds. The van der Waals surface area contributed by atoms with Crippen LogP contribution in [0, 0.1) is 5.41 Å². The Hall–Kier alpha value is -1.90. The summed E-state index contributed by atoms with van der Waals surface area (Å²) in [6.07, 6.45) is 6.39. The number of carbonyl (C=O) groups is 1. The molecule has 0 aromatic heterocycles. The van der Waals surface area contributed by atoms with Crippen molar-refractivity contribution in [1.29, 1.82) is 0 Å². The minimum Gasteiger partial charge on any atom is -0.495 e. The molecular formula is C18H25N3O4S. The average molecular weight is 379 g/mol. The normalized spacial score (nSPS) is 23.7. The molecule has 142 valence electrons. The molecule has 1 aromatic carbocycles. The molecule has 1 spiro atoms. The summed E-state index contributed by atoms with van der Waals surface area (Å²) >= 11 is 0. The molecule has 3 N–H and O–H groups in total. The van der Waals surface area contributed by atoms with E-state index < -0.39 is 10.0 Å². The van der Waals surface area contributed by atoms with Gasteiger partial charge in [-0.2, -0.15) is 0 Å². The van der Waals surface area contributed by atoms with Crippen molar-refractivity contribution in [3.05, 3.63) is 29.8 Å². The Morgan fingerprint density at radius 3 is 2.85 bits per heavy atom. The second-order valence-corrected chi connectivity index (χ2v) is 8.61. The van der Waals surface area contributed by atoms with E-state index in [9.17, 15) is 13.2 Å². The van der Waals surface area contributed by atoms with Gasteiger partial charge in [-0.1, -0.05) is 6.07 Å². The number of hydrogen-bond donors (Lipinski definition) is 2. The summed E-state index contributed by atoms with van der Waals surface area (Å²) in [7, 11) is -2.52. The molecule has 2 saturated heterocycles. The lowest BCUT2D eigenvalue weighted by molar-refractivity contribution is -0.129. The van der Waals surface area contributed by atoms with Crippen LogP contribution in [0.25, 0.3) is 6.08 Å². The fourth-order valence-electron chi connectivity index (χ4n) is 3.83. The maximum atomic E-state index is 12.6. The number of nitrogens with one attached hydrogen (secondary N) is 1. The van der Waals surface area contributed by atoms with Crippen molar-refractivity contribution >= 4 is 22.0 Å². The van der Waals surface area contributed by atoms with E-state index >= 15 is 0 Å². The summed E-state index contributed by atoms with van der Waals surface area (Å²) in [6.45, 7) is 3.51. The molecule has 2 aliphatic heterocycles. The Kier molecular flexibility index (Phi) is 5.36. The lowest BCUT2D eigenvalue weighted by atomic mass is 9.79. The molecular weight excluding hydrogens is 354 g/mol. The molecule has 1 atom stereocenters. The van der Waals surface area contributed by atoms with E-state index in [1.807, 2.05) is 4.90 Å². The van der Waals surface area contributed by atoms with E-state index in [1.165, 1.54) is 25.3 Å². The Morgan fingerprint density at radius 2 is 2.19 bits per heavy atom. The van der Waals surface area contributed by atoms with Gasteiger partial charge in [0.05, 0.1) is 7.11 Å². The number of ether oxygens (including phenoxy) is 1. The van der Waals surface area contributed by atoms with E-state index in [2.05, 4.69) is 5.32 Å². The summed E-state index contributed by atoms with van der Waals surface area (Å²) in [6, 6.07) is 4.64. The van der Waals surface area contributed by atoms with Gasteiger partial charge in [0.1, 0.15) is 10.6 Å². The smallest absolute Gasteiger partial charge is 0.246 e. The third-order valence-electron chi connectivity index (χ3n) is 5.22. The zero-order valence-electron chi connectivity index (χ0n) is 14.9.